The van der Waals surface area contributed by atoms with Gasteiger partial charge < -0.3 is 19.4 Å². The third-order valence-corrected chi connectivity index (χ3v) is 4.44. The summed E-state index contributed by atoms with van der Waals surface area (Å²) in [6, 6.07) is -0.638. The summed E-state index contributed by atoms with van der Waals surface area (Å²) in [6.45, 7) is 9.73. The number of aromatic amines is 1. The number of aryl methyl sites for hydroxylation is 1. The minimum Gasteiger partial charge on any atom is -0.464 e. The van der Waals surface area contributed by atoms with Gasteiger partial charge in [-0.25, -0.2) is 4.79 Å². The molecule has 0 fully saturated rings. The molecule has 0 saturated carbocycles. The van der Waals surface area contributed by atoms with E-state index >= 15 is 0 Å². The molecule has 1 amide bonds. The van der Waals surface area contributed by atoms with E-state index in [4.69, 9.17) is 9.47 Å². The van der Waals surface area contributed by atoms with E-state index in [1.807, 2.05) is 13.8 Å². The van der Waals surface area contributed by atoms with Crippen molar-refractivity contribution in [2.24, 2.45) is 5.92 Å². The van der Waals surface area contributed by atoms with Crippen molar-refractivity contribution in [1.29, 1.82) is 0 Å². The Hall–Kier alpha value is -2.15. The van der Waals surface area contributed by atoms with Crippen LogP contribution >= 0.6 is 0 Å². The van der Waals surface area contributed by atoms with E-state index in [9.17, 15) is 14.4 Å². The first-order chi connectivity index (χ1) is 12.2. The van der Waals surface area contributed by atoms with E-state index in [0.29, 0.717) is 36.4 Å². The molecule has 0 bridgehead atoms. The number of ketones is 1. The van der Waals surface area contributed by atoms with Crippen LogP contribution in [0.5, 0.6) is 0 Å². The number of hydrogen-bond donors (Lipinski definition) is 1. The van der Waals surface area contributed by atoms with Gasteiger partial charge in [0.05, 0.1) is 13.2 Å². The van der Waals surface area contributed by atoms with Gasteiger partial charge in [-0.1, -0.05) is 13.8 Å². The molecule has 0 aromatic carbocycles. The van der Waals surface area contributed by atoms with Crippen molar-refractivity contribution in [2.75, 3.05) is 27.4 Å². The van der Waals surface area contributed by atoms with Crippen LogP contribution in [0.15, 0.2) is 0 Å². The molecule has 1 unspecified atom stereocenters. The Morgan fingerprint density at radius 1 is 1.12 bits per heavy atom. The molecule has 0 saturated heterocycles. The van der Waals surface area contributed by atoms with Gasteiger partial charge >= 0.3 is 5.97 Å². The molecule has 1 aromatic heterocycles. The number of aromatic nitrogens is 1. The molecule has 7 nitrogen and oxygen atoms in total. The maximum Gasteiger partial charge on any atom is 0.354 e. The number of hydrogen-bond acceptors (Lipinski definition) is 5. The lowest BCUT2D eigenvalue weighted by atomic mass is 9.98. The highest BCUT2D eigenvalue weighted by molar-refractivity contribution is 6.06. The van der Waals surface area contributed by atoms with Gasteiger partial charge in [0.1, 0.15) is 5.69 Å². The summed E-state index contributed by atoms with van der Waals surface area (Å²) in [4.78, 5) is 42.1. The van der Waals surface area contributed by atoms with Crippen LogP contribution in [0, 0.1) is 19.8 Å². The van der Waals surface area contributed by atoms with E-state index in [1.54, 1.807) is 32.8 Å². The maximum absolute atomic E-state index is 13.1. The number of carbonyl (C=O) groups is 3. The van der Waals surface area contributed by atoms with Gasteiger partial charge in [-0.3, -0.25) is 9.59 Å². The minimum atomic E-state index is -0.638. The molecule has 26 heavy (non-hydrogen) atoms. The van der Waals surface area contributed by atoms with Crippen molar-refractivity contribution in [1.82, 2.24) is 9.88 Å². The molecular formula is C19H30N2O5. The van der Waals surface area contributed by atoms with Crippen LogP contribution in [0.2, 0.25) is 0 Å². The van der Waals surface area contributed by atoms with Gasteiger partial charge in [-0.05, 0) is 32.8 Å². The average Bonchev–Trinajstić information content (AvgIpc) is 2.90. The zero-order valence-electron chi connectivity index (χ0n) is 16.8. The molecule has 1 atom stereocenters. The maximum atomic E-state index is 13.1. The van der Waals surface area contributed by atoms with Crippen LogP contribution in [0.3, 0.4) is 0 Å². The van der Waals surface area contributed by atoms with E-state index in [-0.39, 0.29) is 23.3 Å². The van der Waals surface area contributed by atoms with Crippen LogP contribution < -0.4 is 0 Å². The van der Waals surface area contributed by atoms with Crippen molar-refractivity contribution in [3.63, 3.8) is 0 Å². The van der Waals surface area contributed by atoms with Gasteiger partial charge in [0.2, 0.25) is 5.91 Å². The monoisotopic (exact) mass is 366 g/mol. The number of rotatable bonds is 9. The Kier molecular flexibility index (Phi) is 8.02. The highest BCUT2D eigenvalue weighted by Gasteiger charge is 2.31. The molecule has 1 rings (SSSR count). The first-order valence-corrected chi connectivity index (χ1v) is 8.78. The standard InChI is InChI=1S/C19H30N2O5/c1-11(2)18(23)21(9-8-10-25-6)14(5)17(22)15-12(3)16(19(24)26-7)20-13(15)4/h11,14,20H,8-10H2,1-7H3. The van der Waals surface area contributed by atoms with Crippen LogP contribution in [0.4, 0.5) is 0 Å². The molecule has 0 spiro atoms. The second-order valence-corrected chi connectivity index (χ2v) is 6.69. The molecule has 0 aliphatic rings. The van der Waals surface area contributed by atoms with Crippen molar-refractivity contribution in [3.05, 3.63) is 22.5 Å². The summed E-state index contributed by atoms with van der Waals surface area (Å²) in [6.07, 6.45) is 0.644. The molecule has 0 aliphatic carbocycles. The minimum absolute atomic E-state index is 0.0824. The van der Waals surface area contributed by atoms with Crippen LogP contribution in [-0.2, 0) is 14.3 Å². The fourth-order valence-electron chi connectivity index (χ4n) is 2.98. The van der Waals surface area contributed by atoms with E-state index in [0.717, 1.165) is 0 Å². The Morgan fingerprint density at radius 3 is 2.23 bits per heavy atom. The first kappa shape index (κ1) is 21.9. The molecule has 0 radical (unpaired) electrons. The highest BCUT2D eigenvalue weighted by atomic mass is 16.5. The summed E-state index contributed by atoms with van der Waals surface area (Å²) < 4.78 is 9.81. The zero-order chi connectivity index (χ0) is 20.0. The summed E-state index contributed by atoms with van der Waals surface area (Å²) in [5.41, 5.74) is 1.83. The Morgan fingerprint density at radius 2 is 1.73 bits per heavy atom. The molecular weight excluding hydrogens is 336 g/mol. The summed E-state index contributed by atoms with van der Waals surface area (Å²) in [5.74, 6) is -1.02. The van der Waals surface area contributed by atoms with Gasteiger partial charge in [0.25, 0.3) is 0 Å². The van der Waals surface area contributed by atoms with Gasteiger partial charge in [-0.15, -0.1) is 0 Å². The normalized spacial score (nSPS) is 12.2. The summed E-state index contributed by atoms with van der Waals surface area (Å²) in [7, 11) is 2.89. The summed E-state index contributed by atoms with van der Waals surface area (Å²) >= 11 is 0. The zero-order valence-corrected chi connectivity index (χ0v) is 16.8. The Bertz CT molecular complexity index is 663. The van der Waals surface area contributed by atoms with E-state index in [1.165, 1.54) is 7.11 Å². The smallest absolute Gasteiger partial charge is 0.354 e. The largest absolute Gasteiger partial charge is 0.464 e. The first-order valence-electron chi connectivity index (χ1n) is 8.78. The number of carbonyl (C=O) groups excluding carboxylic acids is 3. The molecule has 1 heterocycles. The molecule has 0 aliphatic heterocycles. The van der Waals surface area contributed by atoms with Crippen molar-refractivity contribution >= 4 is 17.7 Å². The second kappa shape index (κ2) is 9.52. The Labute approximate surface area is 155 Å². The topological polar surface area (TPSA) is 88.7 Å². The third-order valence-electron chi connectivity index (χ3n) is 4.44. The number of ether oxygens (including phenoxy) is 2. The van der Waals surface area contributed by atoms with E-state index in [2.05, 4.69) is 4.98 Å². The van der Waals surface area contributed by atoms with Crippen LogP contribution in [0.1, 0.15) is 59.3 Å². The van der Waals surface area contributed by atoms with Crippen molar-refractivity contribution in [2.45, 2.75) is 47.1 Å². The molecule has 146 valence electrons. The number of H-pyrrole nitrogens is 1. The van der Waals surface area contributed by atoms with Gasteiger partial charge in [0, 0.05) is 37.4 Å². The number of nitrogens with one attached hydrogen (secondary N) is 1. The predicted molar refractivity (Wildman–Crippen MR) is 98.4 cm³/mol. The number of Topliss-reactive ketones (excluding diaryl/α,β-unsaturated/α-hetero) is 1. The van der Waals surface area contributed by atoms with Crippen molar-refractivity contribution < 1.29 is 23.9 Å². The van der Waals surface area contributed by atoms with Gasteiger partial charge in [0.15, 0.2) is 5.78 Å². The lowest BCUT2D eigenvalue weighted by Gasteiger charge is -2.30. The SMILES string of the molecule is COCCCN(C(=O)C(C)C)C(C)C(=O)c1c(C)[nH]c(C(=O)OC)c1C. The van der Waals surface area contributed by atoms with Crippen LogP contribution in [-0.4, -0.2) is 61.0 Å². The van der Waals surface area contributed by atoms with Crippen LogP contribution in [0.25, 0.3) is 0 Å². The highest BCUT2D eigenvalue weighted by Crippen LogP contribution is 2.22. The fraction of sp³-hybridized carbons (Fsp3) is 0.632. The van der Waals surface area contributed by atoms with E-state index < -0.39 is 12.0 Å². The third kappa shape index (κ3) is 4.72. The Balaban J connectivity index is 3.17. The average molecular weight is 366 g/mol. The molecule has 1 aromatic rings. The lowest BCUT2D eigenvalue weighted by molar-refractivity contribution is -0.135. The fourth-order valence-corrected chi connectivity index (χ4v) is 2.98. The predicted octanol–water partition coefficient (Wildman–Crippen LogP) is 2.51. The summed E-state index contributed by atoms with van der Waals surface area (Å²) in [5, 5.41) is 0. The second-order valence-electron chi connectivity index (χ2n) is 6.69. The quantitative estimate of drug-likeness (QED) is 0.412. The molecule has 7 heteroatoms. The number of amides is 1. The number of esters is 1. The van der Waals surface area contributed by atoms with Crippen molar-refractivity contribution in [3.8, 4) is 0 Å². The number of nitrogens with zero attached hydrogens (tertiary/aromatic N) is 1. The lowest BCUT2D eigenvalue weighted by Crippen LogP contribution is -2.46. The van der Waals surface area contributed by atoms with Gasteiger partial charge in [-0.2, -0.15) is 0 Å². The number of methoxy groups -OCH3 is 2. The molecule has 1 N–H and O–H groups in total.